The van der Waals surface area contributed by atoms with Crippen molar-refractivity contribution in [2.24, 2.45) is 0 Å². The van der Waals surface area contributed by atoms with Crippen LogP contribution in [0.2, 0.25) is 5.02 Å². The third-order valence-corrected chi connectivity index (χ3v) is 3.62. The molecule has 2 rings (SSSR count). The maximum absolute atomic E-state index is 14.2. The van der Waals surface area contributed by atoms with Crippen LogP contribution in [0.15, 0.2) is 30.3 Å². The maximum atomic E-state index is 14.2. The molecule has 0 fully saturated rings. The molecule has 0 aliphatic rings. The van der Waals surface area contributed by atoms with E-state index in [-0.39, 0.29) is 21.7 Å². The Hall–Kier alpha value is -1.52. The normalized spacial score (nSPS) is 12.5. The highest BCUT2D eigenvalue weighted by Gasteiger charge is 2.24. The van der Waals surface area contributed by atoms with Gasteiger partial charge in [0.25, 0.3) is 0 Å². The smallest absolute Gasteiger partial charge is 0.129 e. The molecule has 0 saturated heterocycles. The zero-order valence-electron chi connectivity index (χ0n) is 11.7. The summed E-state index contributed by atoms with van der Waals surface area (Å²) in [5, 5.41) is 3.12. The molecular weight excluding hydrogens is 299 g/mol. The van der Waals surface area contributed by atoms with Crippen molar-refractivity contribution < 1.29 is 13.2 Å². The van der Waals surface area contributed by atoms with Gasteiger partial charge in [-0.1, -0.05) is 24.6 Å². The maximum Gasteiger partial charge on any atom is 0.129 e. The number of aryl methyl sites for hydroxylation is 1. The molecule has 2 aromatic rings. The average Bonchev–Trinajstić information content (AvgIpc) is 2.42. The third-order valence-electron chi connectivity index (χ3n) is 3.29. The number of rotatable bonds is 4. The SMILES string of the molecule is CCNC(c1cc(F)c(C)cc1F)c1c(F)cccc1Cl. The molecule has 0 aliphatic carbocycles. The lowest BCUT2D eigenvalue weighted by molar-refractivity contribution is 0.521. The Morgan fingerprint density at radius 3 is 2.43 bits per heavy atom. The molecule has 0 amide bonds. The van der Waals surface area contributed by atoms with Crippen molar-refractivity contribution in [3.05, 3.63) is 69.5 Å². The van der Waals surface area contributed by atoms with Crippen molar-refractivity contribution in [2.75, 3.05) is 6.54 Å². The molecule has 0 bridgehead atoms. The van der Waals surface area contributed by atoms with Gasteiger partial charge >= 0.3 is 0 Å². The van der Waals surface area contributed by atoms with Crippen LogP contribution < -0.4 is 5.32 Å². The van der Waals surface area contributed by atoms with Crippen LogP contribution in [0.25, 0.3) is 0 Å². The Kier molecular flexibility index (Phi) is 4.91. The van der Waals surface area contributed by atoms with Crippen LogP contribution in [-0.4, -0.2) is 6.54 Å². The number of hydrogen-bond acceptors (Lipinski definition) is 1. The van der Waals surface area contributed by atoms with Gasteiger partial charge in [0.15, 0.2) is 0 Å². The first-order valence-corrected chi connectivity index (χ1v) is 6.96. The van der Waals surface area contributed by atoms with E-state index in [1.54, 1.807) is 6.92 Å². The van der Waals surface area contributed by atoms with E-state index in [9.17, 15) is 13.2 Å². The lowest BCUT2D eigenvalue weighted by atomic mass is 9.96. The molecule has 1 N–H and O–H groups in total. The summed E-state index contributed by atoms with van der Waals surface area (Å²) in [6.07, 6.45) is 0. The van der Waals surface area contributed by atoms with Gasteiger partial charge in [-0.05, 0) is 43.3 Å². The van der Waals surface area contributed by atoms with Crippen LogP contribution in [0.1, 0.15) is 29.7 Å². The van der Waals surface area contributed by atoms with Gasteiger partial charge in [-0.25, -0.2) is 13.2 Å². The van der Waals surface area contributed by atoms with Crippen molar-refractivity contribution in [3.63, 3.8) is 0 Å². The van der Waals surface area contributed by atoms with Crippen molar-refractivity contribution in [3.8, 4) is 0 Å². The number of halogens is 4. The topological polar surface area (TPSA) is 12.0 Å². The molecule has 0 saturated carbocycles. The van der Waals surface area contributed by atoms with Gasteiger partial charge in [-0.15, -0.1) is 0 Å². The molecule has 112 valence electrons. The summed E-state index contributed by atoms with van der Waals surface area (Å²) in [6.45, 7) is 3.72. The first-order valence-electron chi connectivity index (χ1n) is 6.58. The van der Waals surface area contributed by atoms with Crippen LogP contribution >= 0.6 is 11.6 Å². The molecule has 0 radical (unpaired) electrons. The van der Waals surface area contributed by atoms with E-state index in [1.807, 2.05) is 0 Å². The number of benzene rings is 2. The van der Waals surface area contributed by atoms with E-state index in [0.717, 1.165) is 12.1 Å². The number of hydrogen-bond donors (Lipinski definition) is 1. The molecule has 0 aliphatic heterocycles. The summed E-state index contributed by atoms with van der Waals surface area (Å²) in [6, 6.07) is 5.57. The fourth-order valence-corrected chi connectivity index (χ4v) is 2.51. The average molecular weight is 314 g/mol. The highest BCUT2D eigenvalue weighted by molar-refractivity contribution is 6.31. The molecule has 5 heteroatoms. The lowest BCUT2D eigenvalue weighted by Gasteiger charge is -2.21. The van der Waals surface area contributed by atoms with Gasteiger partial charge in [-0.3, -0.25) is 0 Å². The standard InChI is InChI=1S/C16H15ClF3N/c1-3-21-16(15-11(17)5-4-6-12(15)18)10-8-13(19)9(2)7-14(10)20/h4-8,16,21H,3H2,1-2H3. The minimum absolute atomic E-state index is 0.0342. The van der Waals surface area contributed by atoms with E-state index in [1.165, 1.54) is 25.1 Å². The van der Waals surface area contributed by atoms with E-state index >= 15 is 0 Å². The quantitative estimate of drug-likeness (QED) is 0.857. The van der Waals surface area contributed by atoms with Crippen molar-refractivity contribution in [1.29, 1.82) is 0 Å². The van der Waals surface area contributed by atoms with Crippen LogP contribution in [-0.2, 0) is 0 Å². The van der Waals surface area contributed by atoms with Crippen LogP contribution in [0, 0.1) is 24.4 Å². The summed E-state index contributed by atoms with van der Waals surface area (Å²) in [7, 11) is 0. The first-order chi connectivity index (χ1) is 9.95. The van der Waals surface area contributed by atoms with E-state index in [0.29, 0.717) is 6.54 Å². The summed E-state index contributed by atoms with van der Waals surface area (Å²) in [5.41, 5.74) is 0.348. The second kappa shape index (κ2) is 6.50. The summed E-state index contributed by atoms with van der Waals surface area (Å²) >= 11 is 6.04. The predicted octanol–water partition coefficient (Wildman–Crippen LogP) is 4.76. The minimum Gasteiger partial charge on any atom is -0.306 e. The van der Waals surface area contributed by atoms with Crippen molar-refractivity contribution >= 4 is 11.6 Å². The highest BCUT2D eigenvalue weighted by Crippen LogP contribution is 2.32. The summed E-state index contributed by atoms with van der Waals surface area (Å²) in [4.78, 5) is 0. The Morgan fingerprint density at radius 1 is 1.10 bits per heavy atom. The monoisotopic (exact) mass is 313 g/mol. The Labute approximate surface area is 126 Å². The fraction of sp³-hybridized carbons (Fsp3) is 0.250. The zero-order chi connectivity index (χ0) is 15.6. The van der Waals surface area contributed by atoms with Gasteiger partial charge in [0, 0.05) is 16.1 Å². The summed E-state index contributed by atoms with van der Waals surface area (Å²) in [5.74, 6) is -1.70. The minimum atomic E-state index is -0.848. The van der Waals surface area contributed by atoms with E-state index < -0.39 is 23.5 Å². The third kappa shape index (κ3) is 3.22. The van der Waals surface area contributed by atoms with Gasteiger partial charge in [-0.2, -0.15) is 0 Å². The van der Waals surface area contributed by atoms with Gasteiger partial charge in [0.2, 0.25) is 0 Å². The van der Waals surface area contributed by atoms with Crippen LogP contribution in [0.3, 0.4) is 0 Å². The molecule has 2 aromatic carbocycles. The fourth-order valence-electron chi connectivity index (χ4n) is 2.24. The molecule has 0 spiro atoms. The highest BCUT2D eigenvalue weighted by atomic mass is 35.5. The lowest BCUT2D eigenvalue weighted by Crippen LogP contribution is -2.24. The second-order valence-electron chi connectivity index (χ2n) is 4.75. The number of nitrogens with one attached hydrogen (secondary N) is 1. The first kappa shape index (κ1) is 15.9. The predicted molar refractivity (Wildman–Crippen MR) is 78.0 cm³/mol. The van der Waals surface area contributed by atoms with Gasteiger partial charge in [0.05, 0.1) is 6.04 Å². The Balaban J connectivity index is 2.62. The molecule has 0 aromatic heterocycles. The van der Waals surface area contributed by atoms with Crippen molar-refractivity contribution in [1.82, 2.24) is 5.32 Å². The summed E-state index contributed by atoms with van der Waals surface area (Å²) < 4.78 is 42.0. The van der Waals surface area contributed by atoms with Crippen LogP contribution in [0.4, 0.5) is 13.2 Å². The Bertz CT molecular complexity index is 638. The van der Waals surface area contributed by atoms with E-state index in [4.69, 9.17) is 11.6 Å². The molecule has 1 unspecified atom stereocenters. The van der Waals surface area contributed by atoms with Gasteiger partial charge in [0.1, 0.15) is 17.5 Å². The molecule has 1 nitrogen and oxygen atoms in total. The molecule has 21 heavy (non-hydrogen) atoms. The van der Waals surface area contributed by atoms with E-state index in [2.05, 4.69) is 5.32 Å². The van der Waals surface area contributed by atoms with Crippen LogP contribution in [0.5, 0.6) is 0 Å². The van der Waals surface area contributed by atoms with Crippen molar-refractivity contribution in [2.45, 2.75) is 19.9 Å². The van der Waals surface area contributed by atoms with Gasteiger partial charge < -0.3 is 5.32 Å². The molecule has 0 heterocycles. The zero-order valence-corrected chi connectivity index (χ0v) is 12.4. The second-order valence-corrected chi connectivity index (χ2v) is 5.16. The largest absolute Gasteiger partial charge is 0.306 e. The molecular formula is C16H15ClF3N. The molecule has 1 atom stereocenters. The Morgan fingerprint density at radius 2 is 1.81 bits per heavy atom.